The van der Waals surface area contributed by atoms with Crippen molar-refractivity contribution in [3.05, 3.63) is 29.8 Å². The van der Waals surface area contributed by atoms with Crippen molar-refractivity contribution in [2.45, 2.75) is 31.6 Å². The summed E-state index contributed by atoms with van der Waals surface area (Å²) < 4.78 is 28.8. The van der Waals surface area contributed by atoms with Gasteiger partial charge in [0.1, 0.15) is 0 Å². The summed E-state index contributed by atoms with van der Waals surface area (Å²) in [6.45, 7) is 4.38. The number of rotatable bonds is 4. The van der Waals surface area contributed by atoms with Gasteiger partial charge in [0.25, 0.3) is 10.1 Å². The van der Waals surface area contributed by atoms with Gasteiger partial charge in [-0.1, -0.05) is 31.0 Å². The minimum atomic E-state index is -3.57. The van der Waals surface area contributed by atoms with Gasteiger partial charge in [0.05, 0.1) is 11.5 Å². The largest absolute Gasteiger partial charge is 0.296 e. The molecule has 0 unspecified atom stereocenters. The highest BCUT2D eigenvalue weighted by Gasteiger charge is 2.29. The van der Waals surface area contributed by atoms with Crippen LogP contribution >= 0.6 is 0 Å². The van der Waals surface area contributed by atoms with Crippen LogP contribution in [0.15, 0.2) is 29.2 Å². The molecule has 4 heteroatoms. The second-order valence-corrected chi connectivity index (χ2v) is 6.48. The predicted molar refractivity (Wildman–Crippen MR) is 66.2 cm³/mol. The zero-order valence-electron chi connectivity index (χ0n) is 10.2. The van der Waals surface area contributed by atoms with Crippen LogP contribution in [0.1, 0.15) is 25.3 Å². The Hall–Kier alpha value is -0.870. The molecule has 0 N–H and O–H groups in total. The van der Waals surface area contributed by atoms with E-state index < -0.39 is 10.1 Å². The SMILES string of the molecule is Cc1ccc(S(=O)(=O)OC[C@H]2CC[C@@H]2C)cc1. The maximum absolute atomic E-state index is 11.9. The Bertz CT molecular complexity index is 476. The van der Waals surface area contributed by atoms with Crippen molar-refractivity contribution >= 4 is 10.1 Å². The van der Waals surface area contributed by atoms with E-state index in [2.05, 4.69) is 6.92 Å². The van der Waals surface area contributed by atoms with Gasteiger partial charge in [-0.3, -0.25) is 4.18 Å². The zero-order valence-corrected chi connectivity index (χ0v) is 11.0. The summed E-state index contributed by atoms with van der Waals surface area (Å²) in [6, 6.07) is 6.74. The van der Waals surface area contributed by atoms with Crippen molar-refractivity contribution in [2.24, 2.45) is 11.8 Å². The Kier molecular flexibility index (Phi) is 3.54. The predicted octanol–water partition coefficient (Wildman–Crippen LogP) is 2.75. The lowest BCUT2D eigenvalue weighted by molar-refractivity contribution is 0.120. The molecule has 0 spiro atoms. The highest BCUT2D eigenvalue weighted by Crippen LogP contribution is 2.34. The highest BCUT2D eigenvalue weighted by molar-refractivity contribution is 7.86. The van der Waals surface area contributed by atoms with Crippen LogP contribution in [-0.2, 0) is 14.3 Å². The van der Waals surface area contributed by atoms with Crippen molar-refractivity contribution in [2.75, 3.05) is 6.61 Å². The molecular weight excluding hydrogens is 236 g/mol. The molecule has 0 aliphatic heterocycles. The van der Waals surface area contributed by atoms with E-state index in [1.165, 1.54) is 6.42 Å². The van der Waals surface area contributed by atoms with E-state index >= 15 is 0 Å². The maximum Gasteiger partial charge on any atom is 0.296 e. The third-order valence-corrected chi connectivity index (χ3v) is 4.84. The Morgan fingerprint density at radius 3 is 2.35 bits per heavy atom. The van der Waals surface area contributed by atoms with E-state index in [1.807, 2.05) is 6.92 Å². The molecule has 1 fully saturated rings. The Balaban J connectivity index is 2.01. The van der Waals surface area contributed by atoms with Gasteiger partial charge in [0, 0.05) is 0 Å². The molecule has 2 atom stereocenters. The van der Waals surface area contributed by atoms with Crippen molar-refractivity contribution in [3.8, 4) is 0 Å². The first kappa shape index (κ1) is 12.6. The summed E-state index contributed by atoms with van der Waals surface area (Å²) in [5.41, 5.74) is 1.04. The lowest BCUT2D eigenvalue weighted by atomic mass is 9.76. The summed E-state index contributed by atoms with van der Waals surface area (Å²) in [5.74, 6) is 0.985. The fraction of sp³-hybridized carbons (Fsp3) is 0.538. The standard InChI is InChI=1S/C13H18O3S/c1-10-3-7-13(8-4-10)17(14,15)16-9-12-6-5-11(12)2/h3-4,7-8,11-12H,5-6,9H2,1-2H3/t11-,12+/m0/s1. The first-order valence-corrected chi connectivity index (χ1v) is 7.36. The van der Waals surface area contributed by atoms with Gasteiger partial charge < -0.3 is 0 Å². The number of hydrogen-bond donors (Lipinski definition) is 0. The number of hydrogen-bond acceptors (Lipinski definition) is 3. The molecule has 1 aliphatic rings. The van der Waals surface area contributed by atoms with Crippen molar-refractivity contribution in [1.82, 2.24) is 0 Å². The smallest absolute Gasteiger partial charge is 0.266 e. The van der Waals surface area contributed by atoms with E-state index in [0.717, 1.165) is 12.0 Å². The van der Waals surface area contributed by atoms with E-state index in [9.17, 15) is 8.42 Å². The molecule has 2 rings (SSSR count). The van der Waals surface area contributed by atoms with E-state index in [0.29, 0.717) is 18.4 Å². The van der Waals surface area contributed by atoms with Gasteiger partial charge in [-0.25, -0.2) is 0 Å². The van der Waals surface area contributed by atoms with Gasteiger partial charge in [-0.15, -0.1) is 0 Å². The van der Waals surface area contributed by atoms with Crippen LogP contribution < -0.4 is 0 Å². The van der Waals surface area contributed by atoms with Crippen molar-refractivity contribution < 1.29 is 12.6 Å². The molecule has 0 bridgehead atoms. The molecule has 17 heavy (non-hydrogen) atoms. The first-order valence-electron chi connectivity index (χ1n) is 5.95. The normalized spacial score (nSPS) is 24.4. The summed E-state index contributed by atoms with van der Waals surface area (Å²) in [7, 11) is -3.57. The second-order valence-electron chi connectivity index (χ2n) is 4.87. The summed E-state index contributed by atoms with van der Waals surface area (Å²) in [5, 5.41) is 0. The second kappa shape index (κ2) is 4.78. The summed E-state index contributed by atoms with van der Waals surface area (Å²) >= 11 is 0. The third-order valence-electron chi connectivity index (χ3n) is 3.54. The quantitative estimate of drug-likeness (QED) is 0.776. The molecule has 1 aromatic rings. The van der Waals surface area contributed by atoms with Crippen molar-refractivity contribution in [3.63, 3.8) is 0 Å². The maximum atomic E-state index is 11.9. The van der Waals surface area contributed by atoms with Gasteiger partial charge >= 0.3 is 0 Å². The topological polar surface area (TPSA) is 43.4 Å². The monoisotopic (exact) mass is 254 g/mol. The van der Waals surface area contributed by atoms with E-state index in [-0.39, 0.29) is 4.90 Å². The Labute approximate surface area is 103 Å². The summed E-state index contributed by atoms with van der Waals surface area (Å²) in [4.78, 5) is 0.245. The number of aryl methyl sites for hydroxylation is 1. The molecule has 0 radical (unpaired) electrons. The van der Waals surface area contributed by atoms with Gasteiger partial charge in [-0.2, -0.15) is 8.42 Å². The average Bonchev–Trinajstić information content (AvgIpc) is 2.27. The molecule has 0 heterocycles. The molecule has 0 aromatic heterocycles. The Morgan fingerprint density at radius 2 is 1.88 bits per heavy atom. The van der Waals surface area contributed by atoms with Crippen LogP contribution in [0, 0.1) is 18.8 Å². The summed E-state index contributed by atoms with van der Waals surface area (Å²) in [6.07, 6.45) is 2.25. The minimum Gasteiger partial charge on any atom is -0.266 e. The van der Waals surface area contributed by atoms with Crippen LogP contribution in [0.5, 0.6) is 0 Å². The van der Waals surface area contributed by atoms with Gasteiger partial charge in [-0.05, 0) is 37.3 Å². The highest BCUT2D eigenvalue weighted by atomic mass is 32.2. The van der Waals surface area contributed by atoms with Crippen LogP contribution in [-0.4, -0.2) is 15.0 Å². The van der Waals surface area contributed by atoms with E-state index in [1.54, 1.807) is 24.3 Å². The zero-order chi connectivity index (χ0) is 12.5. The molecule has 3 nitrogen and oxygen atoms in total. The molecular formula is C13H18O3S. The fourth-order valence-electron chi connectivity index (χ4n) is 1.93. The van der Waals surface area contributed by atoms with Gasteiger partial charge in [0.2, 0.25) is 0 Å². The molecule has 0 saturated heterocycles. The lowest BCUT2D eigenvalue weighted by Gasteiger charge is -2.33. The van der Waals surface area contributed by atoms with Crippen molar-refractivity contribution in [1.29, 1.82) is 0 Å². The average molecular weight is 254 g/mol. The minimum absolute atomic E-state index is 0.245. The molecule has 0 amide bonds. The lowest BCUT2D eigenvalue weighted by Crippen LogP contribution is -2.28. The third kappa shape index (κ3) is 2.87. The molecule has 94 valence electrons. The van der Waals surface area contributed by atoms with Crippen LogP contribution in [0.3, 0.4) is 0 Å². The van der Waals surface area contributed by atoms with E-state index in [4.69, 9.17) is 4.18 Å². The van der Waals surface area contributed by atoms with Crippen LogP contribution in [0.2, 0.25) is 0 Å². The van der Waals surface area contributed by atoms with Crippen LogP contribution in [0.25, 0.3) is 0 Å². The van der Waals surface area contributed by atoms with Gasteiger partial charge in [0.15, 0.2) is 0 Å². The Morgan fingerprint density at radius 1 is 1.24 bits per heavy atom. The first-order chi connectivity index (χ1) is 7.99. The van der Waals surface area contributed by atoms with Crippen LogP contribution in [0.4, 0.5) is 0 Å². The molecule has 1 aromatic carbocycles. The fourth-order valence-corrected chi connectivity index (χ4v) is 2.89. The number of benzene rings is 1. The molecule has 1 saturated carbocycles. The molecule has 1 aliphatic carbocycles.